The van der Waals surface area contributed by atoms with E-state index in [4.69, 9.17) is 4.74 Å². The second-order valence-corrected chi connectivity index (χ2v) is 4.89. The molecule has 98 valence electrons. The SMILES string of the molecule is CC(C)C(=O)Nc1ccnc(OC2CCCC2)n1. The molecule has 1 saturated carbocycles. The van der Waals surface area contributed by atoms with E-state index >= 15 is 0 Å². The lowest BCUT2D eigenvalue weighted by Gasteiger charge is -2.12. The number of carbonyl (C=O) groups is 1. The minimum Gasteiger partial charge on any atom is -0.460 e. The molecule has 1 N–H and O–H groups in total. The van der Waals surface area contributed by atoms with Crippen molar-refractivity contribution in [3.05, 3.63) is 12.3 Å². The van der Waals surface area contributed by atoms with Crippen molar-refractivity contribution in [3.63, 3.8) is 0 Å². The highest BCUT2D eigenvalue weighted by molar-refractivity contribution is 5.91. The Bertz CT molecular complexity index is 414. The van der Waals surface area contributed by atoms with E-state index in [9.17, 15) is 4.79 Å². The third-order valence-electron chi connectivity index (χ3n) is 2.98. The summed E-state index contributed by atoms with van der Waals surface area (Å²) in [5.74, 6) is 0.372. The first-order chi connectivity index (χ1) is 8.65. The first-order valence-corrected chi connectivity index (χ1v) is 6.45. The van der Waals surface area contributed by atoms with Gasteiger partial charge in [-0.05, 0) is 31.7 Å². The Morgan fingerprint density at radius 2 is 2.17 bits per heavy atom. The van der Waals surface area contributed by atoms with Gasteiger partial charge in [0.05, 0.1) is 0 Å². The molecule has 1 fully saturated rings. The summed E-state index contributed by atoms with van der Waals surface area (Å²) in [6.45, 7) is 3.68. The molecular weight excluding hydrogens is 230 g/mol. The van der Waals surface area contributed by atoms with Gasteiger partial charge in [0.1, 0.15) is 11.9 Å². The van der Waals surface area contributed by atoms with Crippen LogP contribution in [-0.2, 0) is 4.79 Å². The molecule has 1 aromatic heterocycles. The molecule has 0 bridgehead atoms. The van der Waals surface area contributed by atoms with Crippen LogP contribution in [0.4, 0.5) is 5.82 Å². The van der Waals surface area contributed by atoms with Crippen molar-refractivity contribution in [2.75, 3.05) is 5.32 Å². The van der Waals surface area contributed by atoms with Gasteiger partial charge in [-0.25, -0.2) is 4.98 Å². The fourth-order valence-corrected chi connectivity index (χ4v) is 1.89. The lowest BCUT2D eigenvalue weighted by molar-refractivity contribution is -0.118. The number of ether oxygens (including phenoxy) is 1. The maximum absolute atomic E-state index is 11.6. The third-order valence-corrected chi connectivity index (χ3v) is 2.98. The van der Waals surface area contributed by atoms with E-state index in [2.05, 4.69) is 15.3 Å². The van der Waals surface area contributed by atoms with E-state index in [-0.39, 0.29) is 17.9 Å². The zero-order valence-corrected chi connectivity index (χ0v) is 10.8. The van der Waals surface area contributed by atoms with Crippen molar-refractivity contribution in [3.8, 4) is 6.01 Å². The highest BCUT2D eigenvalue weighted by Gasteiger charge is 2.18. The van der Waals surface area contributed by atoms with Crippen LogP contribution in [0.5, 0.6) is 6.01 Å². The van der Waals surface area contributed by atoms with Gasteiger partial charge in [-0.15, -0.1) is 0 Å². The van der Waals surface area contributed by atoms with Crippen molar-refractivity contribution in [2.45, 2.75) is 45.6 Å². The molecule has 0 aliphatic heterocycles. The van der Waals surface area contributed by atoms with E-state index in [0.717, 1.165) is 12.8 Å². The maximum atomic E-state index is 11.6. The summed E-state index contributed by atoms with van der Waals surface area (Å²) in [5, 5.41) is 2.74. The molecule has 0 unspecified atom stereocenters. The number of hydrogen-bond donors (Lipinski definition) is 1. The Hall–Kier alpha value is -1.65. The predicted octanol–water partition coefficient (Wildman–Crippen LogP) is 2.39. The molecule has 1 aromatic rings. The number of carbonyl (C=O) groups excluding carboxylic acids is 1. The van der Waals surface area contributed by atoms with E-state index < -0.39 is 0 Å². The highest BCUT2D eigenvalue weighted by Crippen LogP contribution is 2.22. The average molecular weight is 249 g/mol. The van der Waals surface area contributed by atoms with E-state index in [1.807, 2.05) is 13.8 Å². The molecule has 1 aliphatic rings. The zero-order chi connectivity index (χ0) is 13.0. The average Bonchev–Trinajstić information content (AvgIpc) is 2.82. The number of hydrogen-bond acceptors (Lipinski definition) is 4. The Kier molecular flexibility index (Phi) is 4.12. The molecule has 5 heteroatoms. The molecular formula is C13H19N3O2. The second-order valence-electron chi connectivity index (χ2n) is 4.89. The van der Waals surface area contributed by atoms with Crippen LogP contribution in [0.25, 0.3) is 0 Å². The van der Waals surface area contributed by atoms with Crippen LogP contribution in [0.15, 0.2) is 12.3 Å². The summed E-state index contributed by atoms with van der Waals surface area (Å²) in [4.78, 5) is 19.8. The summed E-state index contributed by atoms with van der Waals surface area (Å²) in [5.41, 5.74) is 0. The normalized spacial score (nSPS) is 15.9. The Labute approximate surface area is 107 Å². The highest BCUT2D eigenvalue weighted by atomic mass is 16.5. The van der Waals surface area contributed by atoms with Gasteiger partial charge < -0.3 is 10.1 Å². The molecule has 0 atom stereocenters. The molecule has 1 heterocycles. The third kappa shape index (κ3) is 3.42. The van der Waals surface area contributed by atoms with Gasteiger partial charge in [0.15, 0.2) is 0 Å². The van der Waals surface area contributed by atoms with Crippen molar-refractivity contribution in [1.29, 1.82) is 0 Å². The van der Waals surface area contributed by atoms with Crippen molar-refractivity contribution in [1.82, 2.24) is 9.97 Å². The van der Waals surface area contributed by atoms with Gasteiger partial charge in [0.2, 0.25) is 5.91 Å². The number of rotatable bonds is 4. The van der Waals surface area contributed by atoms with Crippen molar-refractivity contribution in [2.24, 2.45) is 5.92 Å². The smallest absolute Gasteiger partial charge is 0.318 e. The minimum absolute atomic E-state index is 0.0551. The van der Waals surface area contributed by atoms with Gasteiger partial charge in [0, 0.05) is 12.1 Å². The minimum atomic E-state index is -0.0702. The van der Waals surface area contributed by atoms with Crippen LogP contribution in [-0.4, -0.2) is 22.0 Å². The largest absolute Gasteiger partial charge is 0.460 e. The molecule has 0 radical (unpaired) electrons. The summed E-state index contributed by atoms with van der Waals surface area (Å²) in [6, 6.07) is 2.02. The zero-order valence-electron chi connectivity index (χ0n) is 10.8. The number of nitrogens with one attached hydrogen (secondary N) is 1. The van der Waals surface area contributed by atoms with Crippen LogP contribution in [0.2, 0.25) is 0 Å². The summed E-state index contributed by atoms with van der Waals surface area (Å²) >= 11 is 0. The topological polar surface area (TPSA) is 64.1 Å². The van der Waals surface area contributed by atoms with Crippen LogP contribution >= 0.6 is 0 Å². The molecule has 0 spiro atoms. The molecule has 0 saturated heterocycles. The quantitative estimate of drug-likeness (QED) is 0.889. The van der Waals surface area contributed by atoms with E-state index in [0.29, 0.717) is 11.8 Å². The standard InChI is InChI=1S/C13H19N3O2/c1-9(2)12(17)15-11-7-8-14-13(16-11)18-10-5-3-4-6-10/h7-10H,3-6H2,1-2H3,(H,14,15,16,17). The Balaban J connectivity index is 1.98. The van der Waals surface area contributed by atoms with Crippen LogP contribution < -0.4 is 10.1 Å². The first kappa shape index (κ1) is 12.8. The maximum Gasteiger partial charge on any atom is 0.318 e. The monoisotopic (exact) mass is 249 g/mol. The van der Waals surface area contributed by atoms with Crippen LogP contribution in [0, 0.1) is 5.92 Å². The summed E-state index contributed by atoms with van der Waals surface area (Å²) in [6.07, 6.45) is 6.36. The van der Waals surface area contributed by atoms with Crippen LogP contribution in [0.1, 0.15) is 39.5 Å². The molecule has 18 heavy (non-hydrogen) atoms. The van der Waals surface area contributed by atoms with E-state index in [1.54, 1.807) is 12.3 Å². The second kappa shape index (κ2) is 5.80. The summed E-state index contributed by atoms with van der Waals surface area (Å²) < 4.78 is 5.68. The lowest BCUT2D eigenvalue weighted by Crippen LogP contribution is -2.19. The molecule has 1 amide bonds. The number of aromatic nitrogens is 2. The first-order valence-electron chi connectivity index (χ1n) is 6.45. The molecule has 1 aliphatic carbocycles. The van der Waals surface area contributed by atoms with Crippen molar-refractivity contribution >= 4 is 11.7 Å². The molecule has 0 aromatic carbocycles. The van der Waals surface area contributed by atoms with Gasteiger partial charge in [-0.3, -0.25) is 4.79 Å². The van der Waals surface area contributed by atoms with Crippen molar-refractivity contribution < 1.29 is 9.53 Å². The molecule has 5 nitrogen and oxygen atoms in total. The van der Waals surface area contributed by atoms with Gasteiger partial charge in [0.25, 0.3) is 0 Å². The molecule has 2 rings (SSSR count). The fourth-order valence-electron chi connectivity index (χ4n) is 1.89. The number of amides is 1. The Morgan fingerprint density at radius 1 is 1.44 bits per heavy atom. The van der Waals surface area contributed by atoms with Gasteiger partial charge in [-0.1, -0.05) is 13.8 Å². The van der Waals surface area contributed by atoms with Gasteiger partial charge >= 0.3 is 6.01 Å². The predicted molar refractivity (Wildman–Crippen MR) is 68.4 cm³/mol. The van der Waals surface area contributed by atoms with Crippen LogP contribution in [0.3, 0.4) is 0 Å². The lowest BCUT2D eigenvalue weighted by atomic mass is 10.2. The summed E-state index contributed by atoms with van der Waals surface area (Å²) in [7, 11) is 0. The number of anilines is 1. The van der Waals surface area contributed by atoms with E-state index in [1.165, 1.54) is 12.8 Å². The number of nitrogens with zero attached hydrogens (tertiary/aromatic N) is 2. The van der Waals surface area contributed by atoms with Gasteiger partial charge in [-0.2, -0.15) is 4.98 Å². The Morgan fingerprint density at radius 3 is 2.83 bits per heavy atom. The fraction of sp³-hybridized carbons (Fsp3) is 0.615.